The molecule has 0 saturated heterocycles. The van der Waals surface area contributed by atoms with E-state index in [2.05, 4.69) is 15.3 Å². The van der Waals surface area contributed by atoms with E-state index in [0.29, 0.717) is 28.7 Å². The summed E-state index contributed by atoms with van der Waals surface area (Å²) in [6, 6.07) is 5.88. The smallest absolute Gasteiger partial charge is 0.419 e. The van der Waals surface area contributed by atoms with E-state index in [1.165, 1.54) is 0 Å². The van der Waals surface area contributed by atoms with Gasteiger partial charge in [-0.15, -0.1) is 0 Å². The van der Waals surface area contributed by atoms with Crippen molar-refractivity contribution in [2.75, 3.05) is 11.9 Å². The van der Waals surface area contributed by atoms with Crippen molar-refractivity contribution in [1.29, 1.82) is 0 Å². The number of ether oxygens (including phenoxy) is 1. The number of anilines is 2. The van der Waals surface area contributed by atoms with Crippen LogP contribution in [0.15, 0.2) is 34.7 Å². The third-order valence-electron chi connectivity index (χ3n) is 4.39. The molecule has 1 N–H and O–H groups in total. The molecule has 2 aromatic carbocycles. The monoisotopic (exact) mass is 422 g/mol. The fourth-order valence-corrected chi connectivity index (χ4v) is 2.97. The molecule has 0 fully saturated rings. The molecule has 2 aromatic heterocycles. The van der Waals surface area contributed by atoms with Gasteiger partial charge in [0.2, 0.25) is 5.95 Å². The number of oxazole rings is 1. The normalized spacial score (nSPS) is 11.9. The van der Waals surface area contributed by atoms with Gasteiger partial charge in [0.25, 0.3) is 0 Å². The van der Waals surface area contributed by atoms with E-state index in [4.69, 9.17) is 9.15 Å². The summed E-state index contributed by atoms with van der Waals surface area (Å²) in [7, 11) is 1.69. The molecule has 0 aliphatic rings. The summed E-state index contributed by atoms with van der Waals surface area (Å²) < 4.78 is 64.3. The Hall–Kier alpha value is -3.63. The highest BCUT2D eigenvalue weighted by molar-refractivity contribution is 5.94. The second-order valence-electron chi connectivity index (χ2n) is 6.36. The Morgan fingerprint density at radius 1 is 1.20 bits per heavy atom. The van der Waals surface area contributed by atoms with Crippen molar-refractivity contribution in [2.24, 2.45) is 7.05 Å². The maximum absolute atomic E-state index is 13.7. The highest BCUT2D eigenvalue weighted by Crippen LogP contribution is 2.35. The number of nitrogens with one attached hydrogen (secondary N) is 1. The van der Waals surface area contributed by atoms with Crippen LogP contribution in [-0.4, -0.2) is 27.1 Å². The first-order valence-electron chi connectivity index (χ1n) is 8.75. The number of alkyl halides is 3. The van der Waals surface area contributed by atoms with Crippen molar-refractivity contribution in [3.8, 4) is 0 Å². The Morgan fingerprint density at radius 3 is 2.67 bits per heavy atom. The molecular formula is C19H14F4N4O3. The van der Waals surface area contributed by atoms with Gasteiger partial charge in [-0.05, 0) is 31.2 Å². The minimum atomic E-state index is -4.85. The number of rotatable bonds is 4. The Balaban J connectivity index is 1.69. The average molecular weight is 422 g/mol. The van der Waals surface area contributed by atoms with Crippen LogP contribution in [0.5, 0.6) is 0 Å². The Labute approximate surface area is 166 Å². The lowest BCUT2D eigenvalue weighted by Gasteiger charge is -2.06. The molecule has 0 bridgehead atoms. The van der Waals surface area contributed by atoms with Crippen LogP contribution in [0.3, 0.4) is 0 Å². The number of aromatic nitrogens is 3. The highest BCUT2D eigenvalue weighted by atomic mass is 19.4. The first-order valence-corrected chi connectivity index (χ1v) is 8.75. The minimum absolute atomic E-state index is 0.0774. The summed E-state index contributed by atoms with van der Waals surface area (Å²) >= 11 is 0. The van der Waals surface area contributed by atoms with Crippen molar-refractivity contribution in [1.82, 2.24) is 14.5 Å². The van der Waals surface area contributed by atoms with Gasteiger partial charge in [-0.3, -0.25) is 5.32 Å². The molecule has 0 unspecified atom stereocenters. The van der Waals surface area contributed by atoms with Crippen LogP contribution in [0, 0.1) is 5.82 Å². The number of hydrogen-bond acceptors (Lipinski definition) is 6. The molecule has 4 aromatic rings. The third kappa shape index (κ3) is 3.42. The summed E-state index contributed by atoms with van der Waals surface area (Å²) in [6.45, 7) is 1.93. The molecule has 0 radical (unpaired) electrons. The number of imidazole rings is 1. The Morgan fingerprint density at radius 2 is 1.97 bits per heavy atom. The van der Waals surface area contributed by atoms with Gasteiger partial charge < -0.3 is 13.7 Å². The zero-order chi connectivity index (χ0) is 21.6. The van der Waals surface area contributed by atoms with Crippen LogP contribution in [0.2, 0.25) is 0 Å². The number of esters is 1. The van der Waals surface area contributed by atoms with Crippen molar-refractivity contribution in [3.63, 3.8) is 0 Å². The highest BCUT2D eigenvalue weighted by Gasteiger charge is 2.35. The molecule has 11 heteroatoms. The number of fused-ring (bicyclic) bond motifs is 2. The first-order chi connectivity index (χ1) is 14.2. The van der Waals surface area contributed by atoms with Crippen LogP contribution in [-0.2, 0) is 18.0 Å². The maximum Gasteiger partial charge on any atom is 0.419 e. The molecule has 0 amide bonds. The third-order valence-corrected chi connectivity index (χ3v) is 4.39. The van der Waals surface area contributed by atoms with Gasteiger partial charge in [0.15, 0.2) is 5.58 Å². The van der Waals surface area contributed by atoms with Crippen LogP contribution < -0.4 is 5.32 Å². The standard InChI is InChI=1S/C19H14F4N4O3/c1-3-29-16(28)9-4-5-14-12(6-9)24-17(27(14)2)26-18-25-13-8-11(20)10(19(21,22)23)7-15(13)30-18/h4-8H,3H2,1-2H3,(H,24,25,26). The molecule has 7 nitrogen and oxygen atoms in total. The zero-order valence-corrected chi connectivity index (χ0v) is 15.7. The summed E-state index contributed by atoms with van der Waals surface area (Å²) in [5, 5.41) is 2.76. The molecule has 0 spiro atoms. The number of carbonyl (C=O) groups excluding carboxylic acids is 1. The van der Waals surface area contributed by atoms with Gasteiger partial charge >= 0.3 is 18.2 Å². The number of hydrogen-bond donors (Lipinski definition) is 1. The molecule has 30 heavy (non-hydrogen) atoms. The predicted octanol–water partition coefficient (Wildman–Crippen LogP) is 4.79. The number of nitrogens with zero attached hydrogens (tertiary/aromatic N) is 3. The lowest BCUT2D eigenvalue weighted by atomic mass is 10.2. The average Bonchev–Trinajstić information content (AvgIpc) is 3.20. The van der Waals surface area contributed by atoms with E-state index in [1.807, 2.05) is 0 Å². The van der Waals surface area contributed by atoms with E-state index in [0.717, 1.165) is 0 Å². The summed E-state index contributed by atoms with van der Waals surface area (Å²) in [6.07, 6.45) is -4.85. The molecule has 0 saturated carbocycles. The van der Waals surface area contributed by atoms with E-state index < -0.39 is 23.5 Å². The summed E-state index contributed by atoms with van der Waals surface area (Å²) in [4.78, 5) is 20.2. The largest absolute Gasteiger partial charge is 0.462 e. The first kappa shape index (κ1) is 19.7. The van der Waals surface area contributed by atoms with Crippen LogP contribution in [0.25, 0.3) is 22.1 Å². The van der Waals surface area contributed by atoms with Crippen molar-refractivity contribution in [2.45, 2.75) is 13.1 Å². The fourth-order valence-electron chi connectivity index (χ4n) is 2.97. The summed E-state index contributed by atoms with van der Waals surface area (Å²) in [5.74, 6) is -1.67. The number of aryl methyl sites for hydroxylation is 1. The van der Waals surface area contributed by atoms with Crippen molar-refractivity contribution < 1.29 is 31.5 Å². The summed E-state index contributed by atoms with van der Waals surface area (Å²) in [5.41, 5.74) is -0.266. The van der Waals surface area contributed by atoms with Crippen LogP contribution in [0.4, 0.5) is 29.5 Å². The SMILES string of the molecule is CCOC(=O)c1ccc2c(c1)nc(Nc1nc3cc(F)c(C(F)(F)F)cc3o1)n2C. The van der Waals surface area contributed by atoms with E-state index >= 15 is 0 Å². The van der Waals surface area contributed by atoms with E-state index in [9.17, 15) is 22.4 Å². The van der Waals surface area contributed by atoms with Crippen LogP contribution in [0.1, 0.15) is 22.8 Å². The quantitative estimate of drug-likeness (QED) is 0.376. The van der Waals surface area contributed by atoms with Crippen molar-refractivity contribution >= 4 is 40.1 Å². The predicted molar refractivity (Wildman–Crippen MR) is 98.9 cm³/mol. The van der Waals surface area contributed by atoms with Gasteiger partial charge in [0, 0.05) is 13.1 Å². The number of carbonyl (C=O) groups is 1. The Bertz CT molecular complexity index is 1280. The lowest BCUT2D eigenvalue weighted by Crippen LogP contribution is -2.07. The van der Waals surface area contributed by atoms with Gasteiger partial charge in [-0.25, -0.2) is 14.2 Å². The van der Waals surface area contributed by atoms with Crippen molar-refractivity contribution in [3.05, 3.63) is 47.3 Å². The second kappa shape index (κ2) is 7.01. The minimum Gasteiger partial charge on any atom is -0.462 e. The van der Waals surface area contributed by atoms with Gasteiger partial charge in [0.05, 0.1) is 28.8 Å². The maximum atomic E-state index is 13.7. The molecule has 0 aliphatic carbocycles. The van der Waals surface area contributed by atoms with Gasteiger partial charge in [-0.2, -0.15) is 18.2 Å². The van der Waals surface area contributed by atoms with E-state index in [1.54, 1.807) is 36.7 Å². The zero-order valence-electron chi connectivity index (χ0n) is 15.7. The molecule has 0 atom stereocenters. The molecular weight excluding hydrogens is 408 g/mol. The molecule has 4 rings (SSSR count). The number of halogens is 4. The topological polar surface area (TPSA) is 82.2 Å². The fraction of sp³-hybridized carbons (Fsp3) is 0.211. The lowest BCUT2D eigenvalue weighted by molar-refractivity contribution is -0.139. The second-order valence-corrected chi connectivity index (χ2v) is 6.36. The van der Waals surface area contributed by atoms with Crippen LogP contribution >= 0.6 is 0 Å². The van der Waals surface area contributed by atoms with Gasteiger partial charge in [-0.1, -0.05) is 0 Å². The van der Waals surface area contributed by atoms with E-state index in [-0.39, 0.29) is 29.7 Å². The molecule has 156 valence electrons. The molecule has 2 heterocycles. The molecule has 0 aliphatic heterocycles. The van der Waals surface area contributed by atoms with Gasteiger partial charge in [0.1, 0.15) is 11.3 Å². The Kier molecular flexibility index (Phi) is 4.60. The number of benzene rings is 2.